The lowest BCUT2D eigenvalue weighted by Gasteiger charge is -2.32. The van der Waals surface area contributed by atoms with Crippen molar-refractivity contribution in [3.8, 4) is 0 Å². The van der Waals surface area contributed by atoms with Gasteiger partial charge in [0.15, 0.2) is 0 Å². The van der Waals surface area contributed by atoms with E-state index in [1.807, 2.05) is 0 Å². The molecule has 0 unspecified atom stereocenters. The molecule has 1 aliphatic heterocycles. The second-order valence-corrected chi connectivity index (χ2v) is 15.2. The number of halogens is 2. The summed E-state index contributed by atoms with van der Waals surface area (Å²) in [6.45, 7) is 13.5. The number of carbonyl (C=O) groups is 3. The highest BCUT2D eigenvalue weighted by molar-refractivity contribution is 6.42. The molecule has 0 bridgehead atoms. The van der Waals surface area contributed by atoms with Crippen LogP contribution in [0.25, 0.3) is 0 Å². The van der Waals surface area contributed by atoms with Gasteiger partial charge in [0.2, 0.25) is 11.8 Å². The van der Waals surface area contributed by atoms with Crippen LogP contribution in [0.2, 0.25) is 10.0 Å². The zero-order valence-corrected chi connectivity index (χ0v) is 36.8. The SMILES string of the molecule is C=C(/C=C\C=C(/C)NC(=O)C1(NC(=O)OCCOCCOCCOCCOCCOCCOCCOC)CC1)[C@@H](CN1CC[C@H](O)C1)N(C)C(=O)Cc1ccc(Cl)c(Cl)c1. The zero-order valence-electron chi connectivity index (χ0n) is 35.3. The fourth-order valence-electron chi connectivity index (χ4n) is 5.90. The fraction of sp³-hybridized carbons (Fsp3) is 0.643. The molecule has 1 saturated carbocycles. The van der Waals surface area contributed by atoms with Crippen LogP contribution in [0.15, 0.2) is 54.3 Å². The summed E-state index contributed by atoms with van der Waals surface area (Å²) in [6.07, 6.45) is 5.91. The molecular weight excluding hydrogens is 823 g/mol. The number of benzene rings is 1. The maximum absolute atomic E-state index is 13.4. The van der Waals surface area contributed by atoms with Gasteiger partial charge in [0, 0.05) is 39.5 Å². The molecule has 0 aromatic heterocycles. The maximum atomic E-state index is 13.4. The number of rotatable bonds is 32. The molecule has 3 N–H and O–H groups in total. The van der Waals surface area contributed by atoms with Crippen LogP contribution in [0.3, 0.4) is 0 Å². The van der Waals surface area contributed by atoms with Crippen LogP contribution >= 0.6 is 23.2 Å². The summed E-state index contributed by atoms with van der Waals surface area (Å²) < 4.78 is 42.7. The van der Waals surface area contributed by atoms with E-state index in [1.165, 1.54) is 0 Å². The molecule has 0 spiro atoms. The number of allylic oxidation sites excluding steroid dienone is 3. The number of likely N-dealkylation sites (N-methyl/N-ethyl adjacent to an activating group) is 1. The number of alkyl carbamates (subject to hydrolysis) is 1. The van der Waals surface area contributed by atoms with Crippen molar-refractivity contribution in [3.05, 3.63) is 69.9 Å². The zero-order chi connectivity index (χ0) is 43.6. The lowest BCUT2D eigenvalue weighted by molar-refractivity contribution is -0.130. The quantitative estimate of drug-likeness (QED) is 0.0709. The molecule has 2 atom stereocenters. The highest BCUT2D eigenvalue weighted by Gasteiger charge is 2.51. The van der Waals surface area contributed by atoms with Gasteiger partial charge in [-0.15, -0.1) is 0 Å². The molecule has 338 valence electrons. The van der Waals surface area contributed by atoms with Crippen molar-refractivity contribution >= 4 is 41.1 Å². The molecular formula is C42H64Cl2N4O12. The van der Waals surface area contributed by atoms with Crippen molar-refractivity contribution in [2.45, 2.75) is 50.3 Å². The summed E-state index contributed by atoms with van der Waals surface area (Å²) in [7, 11) is 3.36. The minimum Gasteiger partial charge on any atom is -0.447 e. The first-order chi connectivity index (χ1) is 28.9. The maximum Gasteiger partial charge on any atom is 0.408 e. The van der Waals surface area contributed by atoms with Crippen LogP contribution in [-0.2, 0) is 53.9 Å². The number of nitrogens with zero attached hydrogens (tertiary/aromatic N) is 2. The summed E-state index contributed by atoms with van der Waals surface area (Å²) >= 11 is 12.2. The first kappa shape index (κ1) is 51.2. The average molecular weight is 888 g/mol. The van der Waals surface area contributed by atoms with Crippen molar-refractivity contribution in [1.82, 2.24) is 20.4 Å². The van der Waals surface area contributed by atoms with Gasteiger partial charge in [-0.05, 0) is 55.5 Å². The summed E-state index contributed by atoms with van der Waals surface area (Å²) in [5, 5.41) is 16.4. The van der Waals surface area contributed by atoms with Gasteiger partial charge in [-0.1, -0.05) is 48.0 Å². The molecule has 2 aliphatic rings. The first-order valence-electron chi connectivity index (χ1n) is 20.3. The number of hydrogen-bond donors (Lipinski definition) is 3. The van der Waals surface area contributed by atoms with E-state index in [9.17, 15) is 19.5 Å². The van der Waals surface area contributed by atoms with Crippen molar-refractivity contribution in [1.29, 1.82) is 0 Å². The summed E-state index contributed by atoms with van der Waals surface area (Å²) in [5.41, 5.74) is 0.925. The van der Waals surface area contributed by atoms with Crippen molar-refractivity contribution in [2.75, 3.05) is 126 Å². The number of carbonyl (C=O) groups excluding carboxylic acids is 3. The molecule has 1 aromatic rings. The van der Waals surface area contributed by atoms with Gasteiger partial charge in [0.25, 0.3) is 0 Å². The number of β-amino-alcohol motifs (C(OH)–C–C–N with tert-alkyl or cyclic N) is 1. The summed E-state index contributed by atoms with van der Waals surface area (Å²) in [5.74, 6) is -0.471. The number of amides is 3. The van der Waals surface area contributed by atoms with Gasteiger partial charge in [0.05, 0.1) is 115 Å². The summed E-state index contributed by atoms with van der Waals surface area (Å²) in [4.78, 5) is 42.7. The van der Waals surface area contributed by atoms with Crippen LogP contribution in [-0.4, -0.2) is 177 Å². The van der Waals surface area contributed by atoms with Gasteiger partial charge in [-0.2, -0.15) is 0 Å². The van der Waals surface area contributed by atoms with Gasteiger partial charge in [-0.25, -0.2) is 4.79 Å². The largest absolute Gasteiger partial charge is 0.447 e. The number of likely N-dealkylation sites (tertiary alicyclic amines) is 1. The highest BCUT2D eigenvalue weighted by Crippen LogP contribution is 2.36. The Morgan fingerprint density at radius 1 is 0.900 bits per heavy atom. The number of methoxy groups -OCH3 is 1. The van der Waals surface area contributed by atoms with E-state index < -0.39 is 17.7 Å². The Hall–Kier alpha value is -3.13. The Morgan fingerprint density at radius 2 is 1.45 bits per heavy atom. The molecule has 1 heterocycles. The van der Waals surface area contributed by atoms with Crippen LogP contribution in [0, 0.1) is 0 Å². The smallest absolute Gasteiger partial charge is 0.408 e. The third-order valence-corrected chi connectivity index (χ3v) is 10.3. The molecule has 1 aliphatic carbocycles. The predicted octanol–water partition coefficient (Wildman–Crippen LogP) is 3.57. The molecule has 16 nitrogen and oxygen atoms in total. The lowest BCUT2D eigenvalue weighted by atomic mass is 10.0. The summed E-state index contributed by atoms with van der Waals surface area (Å²) in [6, 6.07) is 4.74. The third kappa shape index (κ3) is 20.6. The number of ether oxygens (including phenoxy) is 8. The van der Waals surface area contributed by atoms with Gasteiger partial charge < -0.3 is 58.5 Å². The second kappa shape index (κ2) is 29.2. The molecule has 2 fully saturated rings. The van der Waals surface area contributed by atoms with Crippen molar-refractivity contribution < 1.29 is 57.4 Å². The predicted molar refractivity (Wildman–Crippen MR) is 227 cm³/mol. The Morgan fingerprint density at radius 3 is 1.95 bits per heavy atom. The minimum absolute atomic E-state index is 0.0169. The molecule has 3 rings (SSSR count). The highest BCUT2D eigenvalue weighted by atomic mass is 35.5. The Balaban J connectivity index is 1.27. The van der Waals surface area contributed by atoms with E-state index in [0.717, 1.165) is 5.56 Å². The minimum atomic E-state index is -1.04. The number of hydrogen-bond acceptors (Lipinski definition) is 13. The molecule has 0 radical (unpaired) electrons. The average Bonchev–Trinajstić information content (AvgIpc) is 3.89. The Labute approximate surface area is 364 Å². The molecule has 18 heteroatoms. The van der Waals surface area contributed by atoms with Crippen molar-refractivity contribution in [3.63, 3.8) is 0 Å². The monoisotopic (exact) mass is 886 g/mol. The second-order valence-electron chi connectivity index (χ2n) is 14.4. The molecule has 1 saturated heterocycles. The first-order valence-corrected chi connectivity index (χ1v) is 21.0. The van der Waals surface area contributed by atoms with E-state index in [0.29, 0.717) is 139 Å². The van der Waals surface area contributed by atoms with Crippen LogP contribution < -0.4 is 10.6 Å². The van der Waals surface area contributed by atoms with Crippen molar-refractivity contribution in [2.24, 2.45) is 0 Å². The normalized spacial score (nSPS) is 16.8. The van der Waals surface area contributed by atoms with E-state index in [1.54, 1.807) is 62.4 Å². The number of aliphatic hydroxyl groups is 1. The van der Waals surface area contributed by atoms with Gasteiger partial charge in [0.1, 0.15) is 12.1 Å². The topological polar surface area (TPSA) is 176 Å². The lowest BCUT2D eigenvalue weighted by Crippen LogP contribution is -2.48. The van der Waals surface area contributed by atoms with Crippen LogP contribution in [0.5, 0.6) is 0 Å². The standard InChI is InChI=1S/C42H64Cl2N4O12/c1-32(38(31-48-13-10-35(49)30-48)47(3)39(50)29-34-8-9-36(43)37(44)28-34)6-5-7-33(2)45-40(51)42(11-12-42)46-41(52)60-27-26-59-25-24-58-23-22-57-21-20-56-19-18-55-17-16-54-15-14-53-4/h5-9,28,35,38,49H,1,10-27,29-31H2,2-4H3,(H,45,51)(H,46,52)/b6-5-,33-7+/t35-,38+/m0/s1. The molecule has 60 heavy (non-hydrogen) atoms. The number of aliphatic hydroxyl groups excluding tert-OH is 1. The molecule has 1 aromatic carbocycles. The Kier molecular flexibility index (Phi) is 24.9. The van der Waals surface area contributed by atoms with E-state index in [-0.39, 0.29) is 37.5 Å². The van der Waals surface area contributed by atoms with Crippen LogP contribution in [0.4, 0.5) is 4.79 Å². The van der Waals surface area contributed by atoms with E-state index in [4.69, 9.17) is 61.1 Å². The van der Waals surface area contributed by atoms with E-state index in [2.05, 4.69) is 22.1 Å². The third-order valence-electron chi connectivity index (χ3n) is 9.55. The molecule has 3 amide bonds. The van der Waals surface area contributed by atoms with Gasteiger partial charge >= 0.3 is 6.09 Å². The number of nitrogens with one attached hydrogen (secondary N) is 2. The van der Waals surface area contributed by atoms with Crippen LogP contribution in [0.1, 0.15) is 31.7 Å². The fourth-order valence-corrected chi connectivity index (χ4v) is 6.22. The van der Waals surface area contributed by atoms with E-state index >= 15 is 0 Å². The van der Waals surface area contributed by atoms with Gasteiger partial charge in [-0.3, -0.25) is 14.5 Å². The Bertz CT molecular complexity index is 1530.